The number of H-pyrrole nitrogens is 1. The molecule has 0 aliphatic rings. The maximum atomic E-state index is 11.7. The van der Waals surface area contributed by atoms with Crippen molar-refractivity contribution in [2.24, 2.45) is 0 Å². The summed E-state index contributed by atoms with van der Waals surface area (Å²) in [6.45, 7) is 0. The highest BCUT2D eigenvalue weighted by Gasteiger charge is 2.14. The number of aromatic nitrogens is 3. The van der Waals surface area contributed by atoms with Gasteiger partial charge in [0, 0.05) is 12.1 Å². The molecule has 3 aromatic rings. The minimum absolute atomic E-state index is 0.0632. The average molecular weight is 258 g/mol. The molecule has 0 spiro atoms. The molecule has 2 heterocycles. The number of nitrogens with one attached hydrogen (secondary N) is 1. The Morgan fingerprint density at radius 2 is 2.05 bits per heavy atom. The van der Waals surface area contributed by atoms with Crippen molar-refractivity contribution >= 4 is 16.7 Å². The zero-order chi connectivity index (χ0) is 13.6. The van der Waals surface area contributed by atoms with Crippen molar-refractivity contribution in [3.05, 3.63) is 40.7 Å². The van der Waals surface area contributed by atoms with Crippen LogP contribution in [0.15, 0.2) is 35.1 Å². The molecular weight excluding hydrogens is 248 g/mol. The first-order valence-electron chi connectivity index (χ1n) is 5.46. The summed E-state index contributed by atoms with van der Waals surface area (Å²) < 4.78 is 1.33. The van der Waals surface area contributed by atoms with Crippen LogP contribution in [-0.4, -0.2) is 25.0 Å². The van der Waals surface area contributed by atoms with Crippen molar-refractivity contribution in [1.82, 2.24) is 14.8 Å². The molecule has 2 aromatic heterocycles. The first-order valence-corrected chi connectivity index (χ1v) is 5.46. The molecule has 5 N–H and O–H groups in total. The van der Waals surface area contributed by atoms with Crippen LogP contribution in [0.3, 0.4) is 0 Å². The number of anilines is 1. The molecule has 19 heavy (non-hydrogen) atoms. The monoisotopic (exact) mass is 258 g/mol. The number of phenolic OH excluding ortho intramolecular Hbond substituents is 1. The number of benzene rings is 1. The van der Waals surface area contributed by atoms with Crippen molar-refractivity contribution in [1.29, 1.82) is 0 Å². The molecule has 1 aromatic carbocycles. The summed E-state index contributed by atoms with van der Waals surface area (Å²) in [6, 6.07) is 7.62. The van der Waals surface area contributed by atoms with Gasteiger partial charge >= 0.3 is 0 Å². The molecule has 7 heteroatoms. The fourth-order valence-corrected chi connectivity index (χ4v) is 1.95. The SMILES string of the molecule is Nc1c2c(=O)[nH]c(O)cc2nn1-c1cccc(O)c1. The van der Waals surface area contributed by atoms with E-state index in [1.807, 2.05) is 0 Å². The number of nitrogens with two attached hydrogens (primary N) is 1. The van der Waals surface area contributed by atoms with Crippen LogP contribution in [0.2, 0.25) is 0 Å². The van der Waals surface area contributed by atoms with Crippen LogP contribution in [0, 0.1) is 0 Å². The van der Waals surface area contributed by atoms with Crippen molar-refractivity contribution in [3.8, 4) is 17.3 Å². The van der Waals surface area contributed by atoms with Gasteiger partial charge in [-0.05, 0) is 12.1 Å². The van der Waals surface area contributed by atoms with E-state index in [0.717, 1.165) is 0 Å². The predicted molar refractivity (Wildman–Crippen MR) is 69.4 cm³/mol. The number of hydrogen-bond acceptors (Lipinski definition) is 5. The molecule has 0 aliphatic carbocycles. The van der Waals surface area contributed by atoms with Gasteiger partial charge < -0.3 is 15.9 Å². The second-order valence-corrected chi connectivity index (χ2v) is 4.06. The zero-order valence-corrected chi connectivity index (χ0v) is 9.66. The van der Waals surface area contributed by atoms with E-state index in [1.165, 1.54) is 22.9 Å². The molecule has 96 valence electrons. The van der Waals surface area contributed by atoms with Crippen molar-refractivity contribution in [2.75, 3.05) is 5.73 Å². The van der Waals surface area contributed by atoms with Crippen LogP contribution >= 0.6 is 0 Å². The summed E-state index contributed by atoms with van der Waals surface area (Å²) in [6.07, 6.45) is 0. The van der Waals surface area contributed by atoms with E-state index >= 15 is 0 Å². The summed E-state index contributed by atoms with van der Waals surface area (Å²) >= 11 is 0. The first-order chi connectivity index (χ1) is 9.06. The lowest BCUT2D eigenvalue weighted by atomic mass is 10.3. The van der Waals surface area contributed by atoms with E-state index < -0.39 is 5.56 Å². The fourth-order valence-electron chi connectivity index (χ4n) is 1.95. The third kappa shape index (κ3) is 1.68. The lowest BCUT2D eigenvalue weighted by molar-refractivity contribution is 0.453. The standard InChI is InChI=1S/C12H10N4O3/c13-11-10-8(5-9(18)14-12(10)19)15-16(11)6-2-1-3-7(17)4-6/h1-5,17-18H,13H2,(H,14,19). The van der Waals surface area contributed by atoms with E-state index in [9.17, 15) is 15.0 Å². The third-order valence-electron chi connectivity index (χ3n) is 2.76. The molecule has 0 aliphatic heterocycles. The number of hydrogen-bond donors (Lipinski definition) is 4. The van der Waals surface area contributed by atoms with Gasteiger partial charge in [-0.25, -0.2) is 4.68 Å². The Balaban J connectivity index is 2.35. The smallest absolute Gasteiger partial charge is 0.263 e. The molecule has 7 nitrogen and oxygen atoms in total. The van der Waals surface area contributed by atoms with Gasteiger partial charge in [0.1, 0.15) is 22.5 Å². The maximum Gasteiger partial charge on any atom is 0.263 e. The van der Waals surface area contributed by atoms with E-state index in [1.54, 1.807) is 12.1 Å². The second kappa shape index (κ2) is 3.77. The molecule has 3 rings (SSSR count). The molecule has 0 atom stereocenters. The molecule has 0 unspecified atom stereocenters. The van der Waals surface area contributed by atoms with Crippen molar-refractivity contribution in [2.45, 2.75) is 0 Å². The normalized spacial score (nSPS) is 10.9. The topological polar surface area (TPSA) is 117 Å². The number of nitrogen functional groups attached to an aromatic ring is 1. The maximum absolute atomic E-state index is 11.7. The number of aromatic hydroxyl groups is 2. The molecule has 0 radical (unpaired) electrons. The summed E-state index contributed by atoms with van der Waals surface area (Å²) in [5, 5.41) is 23.1. The minimum Gasteiger partial charge on any atom is -0.508 e. The van der Waals surface area contributed by atoms with E-state index in [-0.39, 0.29) is 28.4 Å². The van der Waals surface area contributed by atoms with Crippen LogP contribution in [0.5, 0.6) is 11.6 Å². The van der Waals surface area contributed by atoms with Crippen molar-refractivity contribution in [3.63, 3.8) is 0 Å². The zero-order valence-electron chi connectivity index (χ0n) is 9.66. The molecule has 0 saturated heterocycles. The number of aromatic amines is 1. The van der Waals surface area contributed by atoms with Crippen LogP contribution in [-0.2, 0) is 0 Å². The van der Waals surface area contributed by atoms with Gasteiger partial charge in [0.2, 0.25) is 0 Å². The highest BCUT2D eigenvalue weighted by molar-refractivity contribution is 5.89. The molecule has 0 amide bonds. The van der Waals surface area contributed by atoms with Crippen LogP contribution in [0.1, 0.15) is 0 Å². The van der Waals surface area contributed by atoms with E-state index in [4.69, 9.17) is 5.73 Å². The van der Waals surface area contributed by atoms with Gasteiger partial charge in [-0.3, -0.25) is 9.78 Å². The summed E-state index contributed by atoms with van der Waals surface area (Å²) in [7, 11) is 0. The van der Waals surface area contributed by atoms with Crippen molar-refractivity contribution < 1.29 is 10.2 Å². The summed E-state index contributed by atoms with van der Waals surface area (Å²) in [4.78, 5) is 14.0. The van der Waals surface area contributed by atoms with Gasteiger partial charge in [0.15, 0.2) is 5.88 Å². The number of phenols is 1. The van der Waals surface area contributed by atoms with Gasteiger partial charge in [-0.2, -0.15) is 5.10 Å². The largest absolute Gasteiger partial charge is 0.508 e. The van der Waals surface area contributed by atoms with Gasteiger partial charge in [0.25, 0.3) is 5.56 Å². The number of fused-ring (bicyclic) bond motifs is 1. The Morgan fingerprint density at radius 1 is 1.26 bits per heavy atom. The Hall–Kier alpha value is -2.96. The van der Waals surface area contributed by atoms with E-state index in [0.29, 0.717) is 5.69 Å². The number of pyridine rings is 1. The molecule has 0 fully saturated rings. The van der Waals surface area contributed by atoms with Gasteiger partial charge in [-0.1, -0.05) is 6.07 Å². The lowest BCUT2D eigenvalue weighted by Crippen LogP contribution is -2.07. The fraction of sp³-hybridized carbons (Fsp3) is 0. The minimum atomic E-state index is -0.515. The number of rotatable bonds is 1. The Labute approximate surface area is 106 Å². The molecular formula is C12H10N4O3. The van der Waals surface area contributed by atoms with Gasteiger partial charge in [0.05, 0.1) is 5.69 Å². The highest BCUT2D eigenvalue weighted by atomic mass is 16.3. The quantitative estimate of drug-likeness (QED) is 0.512. The highest BCUT2D eigenvalue weighted by Crippen LogP contribution is 2.24. The second-order valence-electron chi connectivity index (χ2n) is 4.06. The number of nitrogens with zero attached hydrogens (tertiary/aromatic N) is 2. The summed E-state index contributed by atoms with van der Waals surface area (Å²) in [5.74, 6) is -0.0758. The van der Waals surface area contributed by atoms with Crippen LogP contribution < -0.4 is 11.3 Å². The Kier molecular flexibility index (Phi) is 2.21. The van der Waals surface area contributed by atoms with Crippen LogP contribution in [0.25, 0.3) is 16.6 Å². The predicted octanol–water partition coefficient (Wildman–Crippen LogP) is 0.707. The lowest BCUT2D eigenvalue weighted by Gasteiger charge is -2.03. The van der Waals surface area contributed by atoms with Gasteiger partial charge in [-0.15, -0.1) is 0 Å². The third-order valence-corrected chi connectivity index (χ3v) is 2.76. The molecule has 0 saturated carbocycles. The van der Waals surface area contributed by atoms with Crippen LogP contribution in [0.4, 0.5) is 5.82 Å². The Bertz CT molecular complexity index is 835. The Morgan fingerprint density at radius 3 is 2.79 bits per heavy atom. The molecule has 0 bridgehead atoms. The van der Waals surface area contributed by atoms with E-state index in [2.05, 4.69) is 10.1 Å². The first kappa shape index (κ1) is 11.1. The summed E-state index contributed by atoms with van der Waals surface area (Å²) in [5.41, 5.74) is 6.17. The average Bonchev–Trinajstić information content (AvgIpc) is 2.66.